The van der Waals surface area contributed by atoms with E-state index < -0.39 is 5.60 Å². The summed E-state index contributed by atoms with van der Waals surface area (Å²) in [7, 11) is 3.89. The Labute approximate surface area is 128 Å². The highest BCUT2D eigenvalue weighted by Crippen LogP contribution is 2.20. The Bertz CT molecular complexity index is 460. The van der Waals surface area contributed by atoms with Gasteiger partial charge in [0.05, 0.1) is 5.60 Å². The largest absolute Gasteiger partial charge is 0.387 e. The lowest BCUT2D eigenvalue weighted by Gasteiger charge is -2.27. The Kier molecular flexibility index (Phi) is 6.36. The van der Waals surface area contributed by atoms with Crippen LogP contribution in [-0.2, 0) is 0 Å². The monoisotopic (exact) mass is 295 g/mol. The first-order valence-electron chi connectivity index (χ1n) is 7.45. The van der Waals surface area contributed by atoms with Gasteiger partial charge in [-0.25, -0.2) is 9.97 Å². The van der Waals surface area contributed by atoms with Crippen LogP contribution in [0.1, 0.15) is 31.7 Å². The van der Waals surface area contributed by atoms with Crippen molar-refractivity contribution in [1.29, 1.82) is 0 Å². The molecule has 21 heavy (non-hydrogen) atoms. The molecule has 1 rings (SSSR count). The maximum atomic E-state index is 10.4. The standard InChI is InChI=1S/C15H29N5O/c1-7-8-16-13-11(2)14(19-12(3)18-13)17-9-15(4,21)10-20(5)6/h21H,7-10H2,1-6H3,(H2,16,17,18,19). The van der Waals surface area contributed by atoms with Crippen molar-refractivity contribution in [3.63, 3.8) is 0 Å². The second-order valence-electron chi connectivity index (χ2n) is 6.11. The first-order valence-corrected chi connectivity index (χ1v) is 7.45. The molecule has 0 radical (unpaired) electrons. The number of nitrogens with zero attached hydrogens (tertiary/aromatic N) is 3. The summed E-state index contributed by atoms with van der Waals surface area (Å²) < 4.78 is 0. The van der Waals surface area contributed by atoms with E-state index in [2.05, 4.69) is 27.5 Å². The van der Waals surface area contributed by atoms with Crippen molar-refractivity contribution >= 4 is 11.6 Å². The average Bonchev–Trinajstić information content (AvgIpc) is 2.36. The van der Waals surface area contributed by atoms with Crippen LogP contribution >= 0.6 is 0 Å². The highest BCUT2D eigenvalue weighted by molar-refractivity contribution is 5.57. The number of anilines is 2. The number of hydrogen-bond acceptors (Lipinski definition) is 6. The Morgan fingerprint density at radius 3 is 2.24 bits per heavy atom. The second kappa shape index (κ2) is 7.56. The molecule has 0 saturated carbocycles. The van der Waals surface area contributed by atoms with Gasteiger partial charge in [-0.05, 0) is 41.3 Å². The van der Waals surface area contributed by atoms with Crippen molar-refractivity contribution in [1.82, 2.24) is 14.9 Å². The van der Waals surface area contributed by atoms with E-state index in [1.54, 1.807) is 0 Å². The van der Waals surface area contributed by atoms with Crippen LogP contribution in [-0.4, -0.2) is 59.3 Å². The van der Waals surface area contributed by atoms with Crippen LogP contribution in [0.3, 0.4) is 0 Å². The van der Waals surface area contributed by atoms with Gasteiger partial charge in [-0.1, -0.05) is 6.92 Å². The first kappa shape index (κ1) is 17.7. The molecule has 1 heterocycles. The van der Waals surface area contributed by atoms with Crippen LogP contribution in [0.2, 0.25) is 0 Å². The van der Waals surface area contributed by atoms with Crippen LogP contribution in [0.25, 0.3) is 0 Å². The molecule has 0 aliphatic rings. The van der Waals surface area contributed by atoms with E-state index in [0.29, 0.717) is 18.9 Å². The number of aliphatic hydroxyl groups is 1. The maximum absolute atomic E-state index is 10.4. The molecule has 0 aliphatic heterocycles. The third kappa shape index (κ3) is 5.85. The molecule has 1 aromatic heterocycles. The Balaban J connectivity index is 2.81. The summed E-state index contributed by atoms with van der Waals surface area (Å²) >= 11 is 0. The molecule has 6 nitrogen and oxygen atoms in total. The summed E-state index contributed by atoms with van der Waals surface area (Å²) in [6.45, 7) is 9.71. The summed E-state index contributed by atoms with van der Waals surface area (Å²) in [6, 6.07) is 0. The number of rotatable bonds is 8. The van der Waals surface area contributed by atoms with Gasteiger partial charge in [0.15, 0.2) is 0 Å². The van der Waals surface area contributed by atoms with Crippen LogP contribution in [0.5, 0.6) is 0 Å². The predicted molar refractivity (Wildman–Crippen MR) is 88.0 cm³/mol. The number of aromatic nitrogens is 2. The minimum Gasteiger partial charge on any atom is -0.387 e. The third-order valence-electron chi connectivity index (χ3n) is 3.09. The molecule has 1 aromatic rings. The molecular formula is C15H29N5O. The zero-order chi connectivity index (χ0) is 16.0. The molecule has 6 heteroatoms. The molecule has 0 spiro atoms. The molecule has 0 aliphatic carbocycles. The van der Waals surface area contributed by atoms with Crippen molar-refractivity contribution in [3.8, 4) is 0 Å². The molecule has 0 amide bonds. The van der Waals surface area contributed by atoms with Gasteiger partial charge < -0.3 is 20.6 Å². The molecule has 0 saturated heterocycles. The quantitative estimate of drug-likeness (QED) is 0.677. The van der Waals surface area contributed by atoms with Crippen molar-refractivity contribution < 1.29 is 5.11 Å². The van der Waals surface area contributed by atoms with E-state index in [9.17, 15) is 5.11 Å². The molecule has 0 bridgehead atoms. The fourth-order valence-electron chi connectivity index (χ4n) is 2.23. The van der Waals surface area contributed by atoms with E-state index in [1.807, 2.05) is 39.8 Å². The third-order valence-corrected chi connectivity index (χ3v) is 3.09. The van der Waals surface area contributed by atoms with Gasteiger partial charge in [-0.3, -0.25) is 0 Å². The van der Waals surface area contributed by atoms with Gasteiger partial charge >= 0.3 is 0 Å². The molecule has 120 valence electrons. The highest BCUT2D eigenvalue weighted by atomic mass is 16.3. The molecule has 1 unspecified atom stereocenters. The zero-order valence-corrected chi connectivity index (χ0v) is 14.1. The van der Waals surface area contributed by atoms with Gasteiger partial charge in [0.1, 0.15) is 17.5 Å². The zero-order valence-electron chi connectivity index (χ0n) is 14.1. The molecule has 0 aromatic carbocycles. The van der Waals surface area contributed by atoms with Crippen LogP contribution in [0, 0.1) is 13.8 Å². The molecular weight excluding hydrogens is 266 g/mol. The van der Waals surface area contributed by atoms with Gasteiger partial charge in [0.2, 0.25) is 0 Å². The van der Waals surface area contributed by atoms with E-state index in [4.69, 9.17) is 0 Å². The number of hydrogen-bond donors (Lipinski definition) is 3. The smallest absolute Gasteiger partial charge is 0.134 e. The molecule has 1 atom stereocenters. The number of nitrogens with one attached hydrogen (secondary N) is 2. The van der Waals surface area contributed by atoms with Crippen molar-refractivity contribution in [3.05, 3.63) is 11.4 Å². The van der Waals surface area contributed by atoms with Gasteiger partial charge in [-0.2, -0.15) is 0 Å². The predicted octanol–water partition coefficient (Wildman–Crippen LogP) is 1.64. The Morgan fingerprint density at radius 2 is 1.71 bits per heavy atom. The number of aryl methyl sites for hydroxylation is 1. The van der Waals surface area contributed by atoms with Gasteiger partial charge in [0.25, 0.3) is 0 Å². The summed E-state index contributed by atoms with van der Waals surface area (Å²) in [5.74, 6) is 2.35. The topological polar surface area (TPSA) is 73.3 Å². The second-order valence-corrected chi connectivity index (χ2v) is 6.11. The van der Waals surface area contributed by atoms with Gasteiger partial charge in [-0.15, -0.1) is 0 Å². The van der Waals surface area contributed by atoms with E-state index in [0.717, 1.165) is 30.2 Å². The lowest BCUT2D eigenvalue weighted by Crippen LogP contribution is -2.43. The summed E-state index contributed by atoms with van der Waals surface area (Å²) in [5, 5.41) is 16.9. The fraction of sp³-hybridized carbons (Fsp3) is 0.733. The normalized spacial score (nSPS) is 14.1. The van der Waals surface area contributed by atoms with Crippen LogP contribution in [0.4, 0.5) is 11.6 Å². The lowest BCUT2D eigenvalue weighted by molar-refractivity contribution is 0.0459. The molecule has 0 fully saturated rings. The van der Waals surface area contributed by atoms with Crippen molar-refractivity contribution in [2.75, 3.05) is 44.4 Å². The average molecular weight is 295 g/mol. The SMILES string of the molecule is CCCNc1nc(C)nc(NCC(C)(O)CN(C)C)c1C. The minimum atomic E-state index is -0.814. The highest BCUT2D eigenvalue weighted by Gasteiger charge is 2.22. The number of likely N-dealkylation sites (N-methyl/N-ethyl adjacent to an activating group) is 1. The van der Waals surface area contributed by atoms with E-state index in [-0.39, 0.29) is 0 Å². The van der Waals surface area contributed by atoms with Crippen molar-refractivity contribution in [2.24, 2.45) is 0 Å². The van der Waals surface area contributed by atoms with Gasteiger partial charge in [0, 0.05) is 25.2 Å². The van der Waals surface area contributed by atoms with E-state index >= 15 is 0 Å². The fourth-order valence-corrected chi connectivity index (χ4v) is 2.23. The Hall–Kier alpha value is -1.40. The Morgan fingerprint density at radius 1 is 1.14 bits per heavy atom. The first-order chi connectivity index (χ1) is 9.75. The van der Waals surface area contributed by atoms with Crippen molar-refractivity contribution in [2.45, 2.75) is 39.7 Å². The summed E-state index contributed by atoms with van der Waals surface area (Å²) in [4.78, 5) is 10.8. The van der Waals surface area contributed by atoms with E-state index in [1.165, 1.54) is 0 Å². The minimum absolute atomic E-state index is 0.440. The van der Waals surface area contributed by atoms with Crippen LogP contribution < -0.4 is 10.6 Å². The maximum Gasteiger partial charge on any atom is 0.134 e. The summed E-state index contributed by atoms with van der Waals surface area (Å²) in [5.41, 5.74) is 0.168. The molecule has 3 N–H and O–H groups in total. The lowest BCUT2D eigenvalue weighted by atomic mass is 10.1. The summed E-state index contributed by atoms with van der Waals surface area (Å²) in [6.07, 6.45) is 1.04. The van der Waals surface area contributed by atoms with Crippen LogP contribution in [0.15, 0.2) is 0 Å².